The maximum Gasteiger partial charge on any atom is 0.225 e. The Morgan fingerprint density at radius 1 is 1.15 bits per heavy atom. The Kier molecular flexibility index (Phi) is 8.98. The first kappa shape index (κ1) is 28.7. The molecule has 6 nitrogen and oxygen atoms in total. The fraction of sp³-hybridized carbons (Fsp3) is 0.433. The van der Waals surface area contributed by atoms with E-state index in [0.717, 1.165) is 25.1 Å². The van der Waals surface area contributed by atoms with Gasteiger partial charge in [-0.2, -0.15) is 5.26 Å². The van der Waals surface area contributed by atoms with Gasteiger partial charge in [0.05, 0.1) is 18.8 Å². The molecular formula is C30H35F2N5OS. The number of ether oxygens (including phenoxy) is 1. The maximum absolute atomic E-state index is 16.3. The zero-order chi connectivity index (χ0) is 28.3. The lowest BCUT2D eigenvalue weighted by Gasteiger charge is -2.18. The van der Waals surface area contributed by atoms with Crippen LogP contribution in [0.5, 0.6) is 0 Å². The standard InChI is InChI=1S/C24H19F2N5OS.C4H10.C2H6/c1-11-4-5-31(8-11)24-29-7-13-14-9-32-10-15(14)19(21(26)22(13)30-24)20-16(25)2-3-17-18(20)12(6-27)23(28)33-17;1-3-4-2;1-2/h2-3,7,11H,4-5,8-10,28H2,1H3;3-4H2,1-2H3;1-2H3. The van der Waals surface area contributed by atoms with E-state index >= 15 is 8.78 Å². The number of hydrogen-bond donors (Lipinski definition) is 1. The van der Waals surface area contributed by atoms with E-state index in [9.17, 15) is 5.26 Å². The number of rotatable bonds is 3. The topological polar surface area (TPSA) is 88.1 Å². The fourth-order valence-electron chi connectivity index (χ4n) is 4.97. The van der Waals surface area contributed by atoms with Crippen LogP contribution in [-0.4, -0.2) is 23.1 Å². The van der Waals surface area contributed by atoms with E-state index in [2.05, 4.69) is 36.8 Å². The summed E-state index contributed by atoms with van der Waals surface area (Å²) in [6.07, 6.45) is 5.30. The van der Waals surface area contributed by atoms with E-state index in [0.29, 0.717) is 32.9 Å². The maximum atomic E-state index is 16.3. The van der Waals surface area contributed by atoms with Gasteiger partial charge in [-0.25, -0.2) is 18.7 Å². The Hall–Kier alpha value is -3.35. The number of aromatic nitrogens is 2. The molecule has 0 spiro atoms. The third-order valence-corrected chi connectivity index (χ3v) is 8.07. The first-order chi connectivity index (χ1) is 18.9. The molecule has 4 heterocycles. The molecule has 206 valence electrons. The third-order valence-electron chi connectivity index (χ3n) is 7.09. The summed E-state index contributed by atoms with van der Waals surface area (Å²) in [5.41, 5.74) is 7.76. The Bertz CT molecular complexity index is 1540. The third kappa shape index (κ3) is 5.15. The quantitative estimate of drug-likeness (QED) is 0.278. The van der Waals surface area contributed by atoms with Gasteiger partial charge in [0.25, 0.3) is 0 Å². The average molecular weight is 552 g/mol. The molecule has 2 N–H and O–H groups in total. The molecule has 1 fully saturated rings. The molecule has 2 aliphatic heterocycles. The molecule has 2 aromatic carbocycles. The van der Waals surface area contributed by atoms with Gasteiger partial charge in [0, 0.05) is 45.9 Å². The number of nitriles is 1. The highest BCUT2D eigenvalue weighted by Crippen LogP contribution is 2.46. The second-order valence-electron chi connectivity index (χ2n) is 9.66. The molecule has 0 radical (unpaired) electrons. The lowest BCUT2D eigenvalue weighted by atomic mass is 9.90. The predicted molar refractivity (Wildman–Crippen MR) is 156 cm³/mol. The first-order valence-electron chi connectivity index (χ1n) is 13.6. The highest BCUT2D eigenvalue weighted by Gasteiger charge is 2.31. The SMILES string of the molecule is CC.CC1CCN(c2ncc3c4c(c(-c5c(F)ccc6sc(N)c(C#N)c56)c(F)c3n2)COC4)C1.CCCC. The van der Waals surface area contributed by atoms with Crippen molar-refractivity contribution in [3.05, 3.63) is 46.7 Å². The molecule has 1 saturated heterocycles. The molecule has 2 aliphatic rings. The van der Waals surface area contributed by atoms with Gasteiger partial charge in [-0.1, -0.05) is 47.5 Å². The van der Waals surface area contributed by atoms with Crippen molar-refractivity contribution >= 4 is 43.3 Å². The average Bonchev–Trinajstić information content (AvgIpc) is 3.69. The number of anilines is 2. The number of nitrogens with two attached hydrogens (primary N) is 1. The van der Waals surface area contributed by atoms with E-state index in [1.807, 2.05) is 18.7 Å². The second-order valence-corrected chi connectivity index (χ2v) is 10.7. The largest absolute Gasteiger partial charge is 0.389 e. The van der Waals surface area contributed by atoms with Crippen molar-refractivity contribution in [2.24, 2.45) is 5.92 Å². The minimum atomic E-state index is -0.634. The molecular weight excluding hydrogens is 516 g/mol. The minimum absolute atomic E-state index is 0.0353. The first-order valence-corrected chi connectivity index (χ1v) is 14.4. The van der Waals surface area contributed by atoms with Crippen molar-refractivity contribution in [1.82, 2.24) is 9.97 Å². The van der Waals surface area contributed by atoms with Crippen LogP contribution < -0.4 is 10.6 Å². The Morgan fingerprint density at radius 2 is 1.87 bits per heavy atom. The molecule has 4 aromatic rings. The van der Waals surface area contributed by atoms with E-state index in [1.54, 1.807) is 12.3 Å². The summed E-state index contributed by atoms with van der Waals surface area (Å²) in [6, 6.07) is 4.92. The molecule has 39 heavy (non-hydrogen) atoms. The molecule has 1 unspecified atom stereocenters. The fourth-order valence-corrected chi connectivity index (χ4v) is 5.90. The van der Waals surface area contributed by atoms with Gasteiger partial charge >= 0.3 is 0 Å². The number of unbranched alkanes of at least 4 members (excludes halogenated alkanes) is 1. The Balaban J connectivity index is 0.000000541. The van der Waals surface area contributed by atoms with Crippen molar-refractivity contribution in [2.75, 3.05) is 23.7 Å². The lowest BCUT2D eigenvalue weighted by Crippen LogP contribution is -2.21. The van der Waals surface area contributed by atoms with Crippen molar-refractivity contribution in [3.8, 4) is 17.2 Å². The van der Waals surface area contributed by atoms with Crippen LogP contribution in [0.4, 0.5) is 19.7 Å². The number of halogens is 2. The number of hydrogen-bond acceptors (Lipinski definition) is 7. The molecule has 0 aliphatic carbocycles. The monoisotopic (exact) mass is 551 g/mol. The summed E-state index contributed by atoms with van der Waals surface area (Å²) < 4.78 is 37.9. The predicted octanol–water partition coefficient (Wildman–Crippen LogP) is 7.95. The lowest BCUT2D eigenvalue weighted by molar-refractivity contribution is 0.135. The highest BCUT2D eigenvalue weighted by atomic mass is 32.1. The van der Waals surface area contributed by atoms with Crippen LogP contribution in [0.1, 0.15) is 70.6 Å². The van der Waals surface area contributed by atoms with Crippen LogP contribution in [0.25, 0.3) is 32.1 Å². The normalized spacial score (nSPS) is 15.9. The van der Waals surface area contributed by atoms with Crippen molar-refractivity contribution in [2.45, 2.75) is 67.1 Å². The van der Waals surface area contributed by atoms with E-state index < -0.39 is 11.6 Å². The summed E-state index contributed by atoms with van der Waals surface area (Å²) >= 11 is 1.19. The zero-order valence-electron chi connectivity index (χ0n) is 23.2. The van der Waals surface area contributed by atoms with Gasteiger partial charge in [0.15, 0.2) is 5.82 Å². The van der Waals surface area contributed by atoms with Crippen LogP contribution in [0.3, 0.4) is 0 Å². The Labute approximate surface area is 232 Å². The van der Waals surface area contributed by atoms with Gasteiger partial charge in [-0.05, 0) is 35.6 Å². The molecule has 2 aromatic heterocycles. The van der Waals surface area contributed by atoms with Gasteiger partial charge in [0.2, 0.25) is 5.95 Å². The van der Waals surface area contributed by atoms with Gasteiger partial charge in [-0.3, -0.25) is 0 Å². The second kappa shape index (κ2) is 12.2. The van der Waals surface area contributed by atoms with Crippen molar-refractivity contribution < 1.29 is 13.5 Å². The molecule has 1 atom stereocenters. The number of benzene rings is 2. The Morgan fingerprint density at radius 3 is 2.51 bits per heavy atom. The van der Waals surface area contributed by atoms with Gasteiger partial charge in [-0.15, -0.1) is 11.3 Å². The summed E-state index contributed by atoms with van der Waals surface area (Å²) in [5.74, 6) is -0.276. The summed E-state index contributed by atoms with van der Waals surface area (Å²) in [4.78, 5) is 11.1. The number of nitrogens with zero attached hydrogens (tertiary/aromatic N) is 4. The van der Waals surface area contributed by atoms with Crippen molar-refractivity contribution in [1.29, 1.82) is 5.26 Å². The van der Waals surface area contributed by atoms with Crippen molar-refractivity contribution in [3.63, 3.8) is 0 Å². The highest BCUT2D eigenvalue weighted by molar-refractivity contribution is 7.23. The van der Waals surface area contributed by atoms with Crippen LogP contribution in [-0.2, 0) is 18.0 Å². The molecule has 0 bridgehead atoms. The number of nitrogen functional groups attached to an aromatic ring is 1. The number of thiophene rings is 1. The summed E-state index contributed by atoms with van der Waals surface area (Å²) in [5, 5.41) is 10.9. The molecule has 9 heteroatoms. The number of fused-ring (bicyclic) bond motifs is 4. The smallest absolute Gasteiger partial charge is 0.225 e. The van der Waals surface area contributed by atoms with E-state index in [-0.39, 0.29) is 40.4 Å². The molecule has 6 rings (SSSR count). The van der Waals surface area contributed by atoms with Gasteiger partial charge < -0.3 is 15.4 Å². The van der Waals surface area contributed by atoms with Crippen LogP contribution in [0.2, 0.25) is 0 Å². The van der Waals surface area contributed by atoms with Crippen LogP contribution in [0.15, 0.2) is 18.3 Å². The van der Waals surface area contributed by atoms with Gasteiger partial charge in [0.1, 0.15) is 22.4 Å². The van der Waals surface area contributed by atoms with Crippen LogP contribution in [0, 0.1) is 28.9 Å². The van der Waals surface area contributed by atoms with E-state index in [4.69, 9.17) is 10.5 Å². The minimum Gasteiger partial charge on any atom is -0.389 e. The molecule has 0 amide bonds. The zero-order valence-corrected chi connectivity index (χ0v) is 24.0. The van der Waals surface area contributed by atoms with Crippen LogP contribution >= 0.6 is 11.3 Å². The van der Waals surface area contributed by atoms with E-state index in [1.165, 1.54) is 30.2 Å². The summed E-state index contributed by atoms with van der Waals surface area (Å²) in [7, 11) is 0. The summed E-state index contributed by atoms with van der Waals surface area (Å²) in [6.45, 7) is 12.5. The molecule has 0 saturated carbocycles.